The summed E-state index contributed by atoms with van der Waals surface area (Å²) in [7, 11) is 1.84. The Morgan fingerprint density at radius 1 is 1.27 bits per heavy atom. The maximum Gasteiger partial charge on any atom is 0.384 e. The number of rotatable bonds is 8. The molecular formula is C25H32N4O4. The molecule has 33 heavy (non-hydrogen) atoms. The molecule has 0 aliphatic carbocycles. The Morgan fingerprint density at radius 3 is 2.76 bits per heavy atom. The maximum atomic E-state index is 12.9. The molecule has 0 N–H and O–H groups in total. The van der Waals surface area contributed by atoms with Crippen LogP contribution in [-0.4, -0.2) is 57.6 Å². The summed E-state index contributed by atoms with van der Waals surface area (Å²) in [6.45, 7) is 6.59. The molecule has 8 heteroatoms. The van der Waals surface area contributed by atoms with Crippen molar-refractivity contribution in [3.05, 3.63) is 47.8 Å². The van der Waals surface area contributed by atoms with Crippen LogP contribution in [0.15, 0.2) is 36.5 Å². The van der Waals surface area contributed by atoms with Gasteiger partial charge in [-0.2, -0.15) is 0 Å². The van der Waals surface area contributed by atoms with Gasteiger partial charge in [0.05, 0.1) is 37.0 Å². The molecule has 1 aromatic carbocycles. The number of esters is 1. The lowest BCUT2D eigenvalue weighted by Gasteiger charge is -2.26. The molecule has 1 saturated heterocycles. The van der Waals surface area contributed by atoms with Gasteiger partial charge in [-0.3, -0.25) is 4.79 Å². The third-order valence-corrected chi connectivity index (χ3v) is 5.86. The third-order valence-electron chi connectivity index (χ3n) is 5.86. The lowest BCUT2D eigenvalue weighted by Crippen LogP contribution is -2.37. The summed E-state index contributed by atoms with van der Waals surface area (Å²) >= 11 is 0. The Morgan fingerprint density at radius 2 is 2.03 bits per heavy atom. The topological polar surface area (TPSA) is 86.5 Å². The van der Waals surface area contributed by atoms with Gasteiger partial charge in [0.2, 0.25) is 5.91 Å². The summed E-state index contributed by atoms with van der Waals surface area (Å²) in [5, 5.41) is 8.13. The highest BCUT2D eigenvalue weighted by Crippen LogP contribution is 2.31. The zero-order chi connectivity index (χ0) is 23.8. The number of aromatic nitrogens is 3. The van der Waals surface area contributed by atoms with Crippen molar-refractivity contribution in [2.24, 2.45) is 5.92 Å². The molecule has 1 fully saturated rings. The first-order chi connectivity index (χ1) is 15.9. The summed E-state index contributed by atoms with van der Waals surface area (Å²) < 4.78 is 12.8. The van der Waals surface area contributed by atoms with Gasteiger partial charge in [0, 0.05) is 19.5 Å². The van der Waals surface area contributed by atoms with Gasteiger partial charge in [-0.05, 0) is 44.6 Å². The van der Waals surface area contributed by atoms with Crippen molar-refractivity contribution in [2.45, 2.75) is 64.8 Å². The molecule has 0 bridgehead atoms. The monoisotopic (exact) mass is 452 g/mol. The van der Waals surface area contributed by atoms with Crippen LogP contribution < -0.4 is 0 Å². The van der Waals surface area contributed by atoms with Crippen molar-refractivity contribution in [1.29, 1.82) is 0 Å². The fourth-order valence-electron chi connectivity index (χ4n) is 4.04. The van der Waals surface area contributed by atoms with E-state index in [1.165, 1.54) is 0 Å². The number of hydrogen-bond acceptors (Lipinski definition) is 6. The number of hydrogen-bond donors (Lipinski definition) is 0. The smallest absolute Gasteiger partial charge is 0.384 e. The Labute approximate surface area is 195 Å². The van der Waals surface area contributed by atoms with E-state index in [0.29, 0.717) is 12.2 Å². The van der Waals surface area contributed by atoms with E-state index in [2.05, 4.69) is 22.2 Å². The first kappa shape index (κ1) is 24.5. The van der Waals surface area contributed by atoms with Crippen LogP contribution in [0.4, 0.5) is 0 Å². The Hall–Kier alpha value is -3.18. The first-order valence-corrected chi connectivity index (χ1v) is 11.4. The number of ether oxygens (including phenoxy) is 2. The summed E-state index contributed by atoms with van der Waals surface area (Å²) in [6, 6.07) is 10.0. The summed E-state index contributed by atoms with van der Waals surface area (Å²) in [5.74, 6) is 4.38. The second-order valence-corrected chi connectivity index (χ2v) is 8.48. The van der Waals surface area contributed by atoms with Gasteiger partial charge in [-0.25, -0.2) is 9.48 Å². The van der Waals surface area contributed by atoms with E-state index in [1.807, 2.05) is 51.2 Å². The van der Waals surface area contributed by atoms with E-state index in [9.17, 15) is 9.59 Å². The quantitative estimate of drug-likeness (QED) is 0.452. The van der Waals surface area contributed by atoms with Crippen LogP contribution in [-0.2, 0) is 25.6 Å². The van der Waals surface area contributed by atoms with Crippen LogP contribution in [0.3, 0.4) is 0 Å². The highest BCUT2D eigenvalue weighted by Gasteiger charge is 2.35. The molecule has 176 valence electrons. The molecule has 4 atom stereocenters. The fraction of sp³-hybridized carbons (Fsp3) is 0.520. The predicted octanol–water partition coefficient (Wildman–Crippen LogP) is 2.99. The van der Waals surface area contributed by atoms with Crippen LogP contribution in [0.25, 0.3) is 0 Å². The van der Waals surface area contributed by atoms with Gasteiger partial charge in [0.15, 0.2) is 5.69 Å². The van der Waals surface area contributed by atoms with E-state index in [-0.39, 0.29) is 36.7 Å². The van der Waals surface area contributed by atoms with Gasteiger partial charge >= 0.3 is 5.97 Å². The van der Waals surface area contributed by atoms with Crippen molar-refractivity contribution in [3.63, 3.8) is 0 Å². The molecule has 1 aliphatic heterocycles. The summed E-state index contributed by atoms with van der Waals surface area (Å²) in [6.07, 6.45) is 4.20. The Kier molecular flexibility index (Phi) is 8.61. The van der Waals surface area contributed by atoms with Gasteiger partial charge in [0.1, 0.15) is 0 Å². The molecule has 1 aliphatic rings. The number of benzene rings is 1. The second-order valence-electron chi connectivity index (χ2n) is 8.48. The Bertz CT molecular complexity index is 995. The van der Waals surface area contributed by atoms with Crippen LogP contribution in [0, 0.1) is 17.8 Å². The van der Waals surface area contributed by atoms with Crippen LogP contribution in [0.2, 0.25) is 0 Å². The average molecular weight is 453 g/mol. The molecule has 0 unspecified atom stereocenters. The predicted molar refractivity (Wildman–Crippen MR) is 123 cm³/mol. The largest absolute Gasteiger partial charge is 0.456 e. The lowest BCUT2D eigenvalue weighted by atomic mass is 9.99. The third kappa shape index (κ3) is 6.90. The van der Waals surface area contributed by atoms with Gasteiger partial charge in [0.25, 0.3) is 0 Å². The molecule has 0 saturated carbocycles. The van der Waals surface area contributed by atoms with Crippen molar-refractivity contribution >= 4 is 11.9 Å². The van der Waals surface area contributed by atoms with Crippen LogP contribution in [0.1, 0.15) is 57.3 Å². The van der Waals surface area contributed by atoms with Crippen LogP contribution >= 0.6 is 0 Å². The minimum Gasteiger partial charge on any atom is -0.456 e. The zero-order valence-electron chi connectivity index (χ0n) is 19.7. The van der Waals surface area contributed by atoms with Crippen molar-refractivity contribution in [3.8, 4) is 11.8 Å². The molecule has 1 aromatic heterocycles. The molecular weight excluding hydrogens is 420 g/mol. The normalized spacial score (nSPS) is 19.3. The Balaban J connectivity index is 1.49. The number of amides is 1. The van der Waals surface area contributed by atoms with E-state index in [0.717, 1.165) is 24.8 Å². The molecule has 3 rings (SSSR count). The maximum absolute atomic E-state index is 12.9. The van der Waals surface area contributed by atoms with E-state index >= 15 is 0 Å². The average Bonchev–Trinajstić information content (AvgIpc) is 3.47. The lowest BCUT2D eigenvalue weighted by molar-refractivity contribution is -0.139. The number of carbonyl (C=O) groups excluding carboxylic acids is 2. The fourth-order valence-corrected chi connectivity index (χ4v) is 4.04. The van der Waals surface area contributed by atoms with Gasteiger partial charge < -0.3 is 14.4 Å². The minimum atomic E-state index is -0.580. The van der Waals surface area contributed by atoms with Crippen molar-refractivity contribution in [2.75, 3.05) is 13.7 Å². The van der Waals surface area contributed by atoms with Crippen LogP contribution in [0.5, 0.6) is 0 Å². The van der Waals surface area contributed by atoms with Crippen molar-refractivity contribution in [1.82, 2.24) is 19.9 Å². The summed E-state index contributed by atoms with van der Waals surface area (Å²) in [4.78, 5) is 26.0. The van der Waals surface area contributed by atoms with Crippen molar-refractivity contribution < 1.29 is 19.1 Å². The van der Waals surface area contributed by atoms with Gasteiger partial charge in [-0.1, -0.05) is 42.5 Å². The molecule has 2 aromatic rings. The minimum absolute atomic E-state index is 0.0474. The molecule has 0 radical (unpaired) electrons. The van der Waals surface area contributed by atoms with E-state index < -0.39 is 5.97 Å². The number of carbonyl (C=O) groups is 2. The standard InChI is InChI=1S/C25H32N4O4/c1-5-32-24(30)14-11-21-17-29(27-26-21)18(2)15-22-12-13-23(33-22)19(3)25(31)28(4)16-20-9-7-6-8-10-20/h6-10,17-19,22-23H,5,12-13,15-16H2,1-4H3/t18-,19-,22+,23-/m1/s1. The SMILES string of the molecule is CCOC(=O)C#Cc1cn([C@H](C)C[C@@H]2CC[C@H]([C@@H](C)C(=O)N(C)Cc3ccccc3)O2)nn1. The zero-order valence-corrected chi connectivity index (χ0v) is 19.7. The second kappa shape index (κ2) is 11.6. The van der Waals surface area contributed by atoms with E-state index in [4.69, 9.17) is 9.47 Å². The highest BCUT2D eigenvalue weighted by molar-refractivity contribution is 5.88. The van der Waals surface area contributed by atoms with Gasteiger partial charge in [-0.15, -0.1) is 5.10 Å². The summed E-state index contributed by atoms with van der Waals surface area (Å²) in [5.41, 5.74) is 1.53. The first-order valence-electron chi connectivity index (χ1n) is 11.4. The highest BCUT2D eigenvalue weighted by atomic mass is 16.5. The molecule has 8 nitrogen and oxygen atoms in total. The molecule has 2 heterocycles. The molecule has 1 amide bonds. The molecule has 0 spiro atoms. The number of nitrogens with zero attached hydrogens (tertiary/aromatic N) is 4. The van der Waals surface area contributed by atoms with E-state index in [1.54, 1.807) is 22.7 Å².